The van der Waals surface area contributed by atoms with Crippen LogP contribution in [-0.4, -0.2) is 65.5 Å². The van der Waals surface area contributed by atoms with Crippen LogP contribution in [0.5, 0.6) is 0 Å². The van der Waals surface area contributed by atoms with Gasteiger partial charge in [0, 0.05) is 24.3 Å². The highest BCUT2D eigenvalue weighted by Gasteiger charge is 2.34. The van der Waals surface area contributed by atoms with E-state index in [1.54, 1.807) is 18.2 Å². The van der Waals surface area contributed by atoms with Crippen molar-refractivity contribution >= 4 is 38.5 Å². The number of aromatic nitrogens is 2. The van der Waals surface area contributed by atoms with Gasteiger partial charge in [0.15, 0.2) is 10.8 Å². The fourth-order valence-corrected chi connectivity index (χ4v) is 5.77. The topological polar surface area (TPSA) is 138 Å². The van der Waals surface area contributed by atoms with Crippen molar-refractivity contribution in [3.05, 3.63) is 66.5 Å². The Labute approximate surface area is 221 Å². The number of rotatable bonds is 8. The summed E-state index contributed by atoms with van der Waals surface area (Å²) in [6.45, 7) is 3.63. The van der Waals surface area contributed by atoms with E-state index in [1.807, 2.05) is 38.1 Å². The summed E-state index contributed by atoms with van der Waals surface area (Å²) in [5, 5.41) is 6.22. The van der Waals surface area contributed by atoms with Crippen molar-refractivity contribution in [2.24, 2.45) is 5.92 Å². The molecule has 0 aliphatic carbocycles. The Morgan fingerprint density at radius 2 is 1.87 bits per heavy atom. The maximum absolute atomic E-state index is 13.2. The summed E-state index contributed by atoms with van der Waals surface area (Å²) in [7, 11) is -3.94. The number of para-hydroxylation sites is 1. The van der Waals surface area contributed by atoms with Crippen LogP contribution in [0.3, 0.4) is 0 Å². The number of Topliss-reactive ketones (excluding diaryl/α,β-unsaturated/α-hetero) is 1. The number of pyridine rings is 2. The van der Waals surface area contributed by atoms with E-state index in [1.165, 1.54) is 18.5 Å². The Morgan fingerprint density at radius 1 is 1.11 bits per heavy atom. The number of amides is 2. The first kappa shape index (κ1) is 27.3. The monoisotopic (exact) mass is 537 g/mol. The molecule has 3 aromatic rings. The van der Waals surface area contributed by atoms with Crippen LogP contribution in [0.1, 0.15) is 43.5 Å². The molecule has 0 spiro atoms. The number of carbonyl (C=O) groups excluding carboxylic acids is 3. The van der Waals surface area contributed by atoms with Crippen molar-refractivity contribution in [2.45, 2.75) is 50.2 Å². The molecule has 11 heteroatoms. The van der Waals surface area contributed by atoms with Crippen LogP contribution in [0.4, 0.5) is 0 Å². The number of fused-ring (bicyclic) bond motifs is 1. The molecule has 3 heterocycles. The van der Waals surface area contributed by atoms with Crippen molar-refractivity contribution in [1.29, 1.82) is 0 Å². The van der Waals surface area contributed by atoms with E-state index >= 15 is 0 Å². The molecule has 1 fully saturated rings. The Balaban J connectivity index is 1.44. The lowest BCUT2D eigenvalue weighted by atomic mass is 10.0. The SMILES string of the molecule is CC(C)CC(NC(=O)c1cnc2ccccc2c1)C(=O)N[C@H]1CCCN(S(=O)(=O)c2ccccn2)CC1=O. The molecular weight excluding hydrogens is 506 g/mol. The average Bonchev–Trinajstić information content (AvgIpc) is 3.09. The standard InChI is InChI=1S/C27H31N5O5S/c1-18(2)14-23(31-26(34)20-15-19-8-3-4-9-21(19)29-16-20)27(35)30-22-10-7-13-32(17-24(22)33)38(36,37)25-11-5-6-12-28-25/h3-6,8-9,11-12,15-16,18,22-23H,7,10,13-14,17H2,1-2H3,(H,30,35)(H,31,34)/t22-,23?/m0/s1. The minimum absolute atomic E-state index is 0.0876. The summed E-state index contributed by atoms with van der Waals surface area (Å²) >= 11 is 0. The first-order valence-corrected chi connectivity index (χ1v) is 14.0. The maximum atomic E-state index is 13.2. The van der Waals surface area contributed by atoms with Gasteiger partial charge in [-0.25, -0.2) is 13.4 Å². The number of hydrogen-bond acceptors (Lipinski definition) is 7. The third-order valence-electron chi connectivity index (χ3n) is 6.36. The molecule has 2 amide bonds. The van der Waals surface area contributed by atoms with Crippen molar-refractivity contribution in [3.8, 4) is 0 Å². The summed E-state index contributed by atoms with van der Waals surface area (Å²) in [5.74, 6) is -1.25. The highest BCUT2D eigenvalue weighted by molar-refractivity contribution is 7.89. The van der Waals surface area contributed by atoms with Crippen LogP contribution in [0, 0.1) is 5.92 Å². The molecule has 2 atom stereocenters. The van der Waals surface area contributed by atoms with Gasteiger partial charge < -0.3 is 10.6 Å². The fraction of sp³-hybridized carbons (Fsp3) is 0.370. The highest BCUT2D eigenvalue weighted by atomic mass is 32.2. The van der Waals surface area contributed by atoms with Gasteiger partial charge in [0.25, 0.3) is 15.9 Å². The Hall–Kier alpha value is -3.70. The summed E-state index contributed by atoms with van der Waals surface area (Å²) in [6.07, 6.45) is 3.88. The van der Waals surface area contributed by atoms with Gasteiger partial charge in [-0.05, 0) is 49.4 Å². The molecule has 0 saturated carbocycles. The number of hydrogen-bond donors (Lipinski definition) is 2. The molecule has 1 aliphatic heterocycles. The van der Waals surface area contributed by atoms with E-state index in [2.05, 4.69) is 20.6 Å². The average molecular weight is 538 g/mol. The molecule has 1 aliphatic rings. The minimum Gasteiger partial charge on any atom is -0.344 e. The van der Waals surface area contributed by atoms with Crippen LogP contribution < -0.4 is 10.6 Å². The van der Waals surface area contributed by atoms with Crippen LogP contribution in [0.15, 0.2) is 66.0 Å². The van der Waals surface area contributed by atoms with Gasteiger partial charge in [-0.3, -0.25) is 19.4 Å². The van der Waals surface area contributed by atoms with Gasteiger partial charge in [-0.15, -0.1) is 0 Å². The third-order valence-corrected chi connectivity index (χ3v) is 8.12. The highest BCUT2D eigenvalue weighted by Crippen LogP contribution is 2.18. The summed E-state index contributed by atoms with van der Waals surface area (Å²) in [4.78, 5) is 47.5. The lowest BCUT2D eigenvalue weighted by Gasteiger charge is -2.23. The van der Waals surface area contributed by atoms with E-state index in [0.29, 0.717) is 18.4 Å². The van der Waals surface area contributed by atoms with E-state index in [9.17, 15) is 22.8 Å². The zero-order chi connectivity index (χ0) is 27.3. The van der Waals surface area contributed by atoms with Crippen molar-refractivity contribution < 1.29 is 22.8 Å². The number of benzene rings is 1. The Morgan fingerprint density at radius 3 is 2.61 bits per heavy atom. The molecule has 4 rings (SSSR count). The van der Waals surface area contributed by atoms with Gasteiger partial charge >= 0.3 is 0 Å². The van der Waals surface area contributed by atoms with Crippen LogP contribution >= 0.6 is 0 Å². The Kier molecular flexibility index (Phi) is 8.48. The van der Waals surface area contributed by atoms with E-state index in [-0.39, 0.29) is 30.5 Å². The van der Waals surface area contributed by atoms with Crippen LogP contribution in [0.25, 0.3) is 10.9 Å². The lowest BCUT2D eigenvalue weighted by Crippen LogP contribution is -2.52. The molecule has 10 nitrogen and oxygen atoms in total. The number of carbonyl (C=O) groups is 3. The van der Waals surface area contributed by atoms with Crippen LogP contribution in [-0.2, 0) is 19.6 Å². The van der Waals surface area contributed by atoms with E-state index in [0.717, 1.165) is 15.2 Å². The molecular formula is C27H31N5O5S. The summed E-state index contributed by atoms with van der Waals surface area (Å²) < 4.78 is 27.0. The van der Waals surface area contributed by atoms with Crippen LogP contribution in [0.2, 0.25) is 0 Å². The second-order valence-electron chi connectivity index (χ2n) is 9.75. The van der Waals surface area contributed by atoms with Gasteiger partial charge in [0.1, 0.15) is 6.04 Å². The van der Waals surface area contributed by atoms with Gasteiger partial charge in [-0.2, -0.15) is 4.31 Å². The predicted octanol–water partition coefficient (Wildman–Crippen LogP) is 2.31. The largest absolute Gasteiger partial charge is 0.344 e. The molecule has 0 radical (unpaired) electrons. The first-order valence-electron chi connectivity index (χ1n) is 12.5. The number of nitrogens with zero attached hydrogens (tertiary/aromatic N) is 3. The smallest absolute Gasteiger partial charge is 0.260 e. The van der Waals surface area contributed by atoms with E-state index < -0.39 is 39.7 Å². The molecule has 200 valence electrons. The van der Waals surface area contributed by atoms with Gasteiger partial charge in [0.2, 0.25) is 5.91 Å². The summed E-state index contributed by atoms with van der Waals surface area (Å²) in [6, 6.07) is 12.0. The number of sulfonamides is 1. The van der Waals surface area contributed by atoms with E-state index in [4.69, 9.17) is 0 Å². The quantitative estimate of drug-likeness (QED) is 0.450. The predicted molar refractivity (Wildman–Crippen MR) is 142 cm³/mol. The molecule has 2 aromatic heterocycles. The van der Waals surface area contributed by atoms with Crippen molar-refractivity contribution in [3.63, 3.8) is 0 Å². The minimum atomic E-state index is -3.94. The number of ketones is 1. The lowest BCUT2D eigenvalue weighted by molar-refractivity contribution is -0.129. The van der Waals surface area contributed by atoms with Crippen molar-refractivity contribution in [2.75, 3.05) is 13.1 Å². The first-order chi connectivity index (χ1) is 18.1. The molecule has 2 N–H and O–H groups in total. The Bertz CT molecular complexity index is 1430. The van der Waals surface area contributed by atoms with Gasteiger partial charge in [0.05, 0.1) is 23.7 Å². The zero-order valence-electron chi connectivity index (χ0n) is 21.3. The normalized spacial score (nSPS) is 17.7. The second kappa shape index (κ2) is 11.8. The number of nitrogens with one attached hydrogen (secondary N) is 2. The molecule has 1 unspecified atom stereocenters. The summed E-state index contributed by atoms with van der Waals surface area (Å²) in [5.41, 5.74) is 1.08. The molecule has 0 bridgehead atoms. The maximum Gasteiger partial charge on any atom is 0.260 e. The third kappa shape index (κ3) is 6.40. The second-order valence-corrected chi connectivity index (χ2v) is 11.6. The molecule has 1 saturated heterocycles. The zero-order valence-corrected chi connectivity index (χ0v) is 22.1. The fourth-order valence-electron chi connectivity index (χ4n) is 4.40. The molecule has 38 heavy (non-hydrogen) atoms. The van der Waals surface area contributed by atoms with Gasteiger partial charge in [-0.1, -0.05) is 38.1 Å². The molecule has 1 aromatic carbocycles. The van der Waals surface area contributed by atoms with Crippen molar-refractivity contribution in [1.82, 2.24) is 24.9 Å².